The van der Waals surface area contributed by atoms with Crippen LogP contribution in [-0.2, 0) is 9.53 Å². The molecule has 0 bridgehead atoms. The number of rotatable bonds is 4. The number of benzene rings is 1. The van der Waals surface area contributed by atoms with Crippen molar-refractivity contribution in [2.75, 3.05) is 6.61 Å². The molecule has 0 radical (unpaired) electrons. The molecule has 0 aliphatic carbocycles. The number of nitro groups is 1. The lowest BCUT2D eigenvalue weighted by Crippen LogP contribution is -2.46. The predicted octanol–water partition coefficient (Wildman–Crippen LogP) is 2.40. The maximum atomic E-state index is 12.4. The van der Waals surface area contributed by atoms with Gasteiger partial charge in [-0.25, -0.2) is 4.79 Å². The standard InChI is InChI=1S/C18H19N3O5/c1-3-26-18(23)16-11(2)17(12-4-7-14(22)8-5-12)20-10-13(21(24)25)6-9-15(20)19-16/h4-11,16-17,22H,3H2,1-2H3. The van der Waals surface area contributed by atoms with E-state index in [1.54, 1.807) is 36.1 Å². The summed E-state index contributed by atoms with van der Waals surface area (Å²) in [5, 5.41) is 20.7. The number of esters is 1. The van der Waals surface area contributed by atoms with E-state index in [1.165, 1.54) is 18.4 Å². The summed E-state index contributed by atoms with van der Waals surface area (Å²) in [7, 11) is 0. The van der Waals surface area contributed by atoms with Crippen LogP contribution in [0, 0.1) is 16.0 Å². The second-order valence-corrected chi connectivity index (χ2v) is 6.13. The molecule has 1 N–H and O–H groups in total. The molecule has 8 heteroatoms. The molecule has 8 nitrogen and oxygen atoms in total. The first-order valence-electron chi connectivity index (χ1n) is 8.28. The lowest BCUT2D eigenvalue weighted by atomic mass is 9.85. The fourth-order valence-electron chi connectivity index (χ4n) is 3.25. The molecule has 2 heterocycles. The van der Waals surface area contributed by atoms with Crippen LogP contribution in [0.1, 0.15) is 25.5 Å². The van der Waals surface area contributed by atoms with E-state index in [4.69, 9.17) is 4.74 Å². The number of nitrogens with zero attached hydrogens (tertiary/aromatic N) is 3. The zero-order valence-electron chi connectivity index (χ0n) is 14.4. The molecule has 0 aromatic heterocycles. The monoisotopic (exact) mass is 357 g/mol. The molecule has 3 unspecified atom stereocenters. The Hall–Kier alpha value is -3.16. The van der Waals surface area contributed by atoms with Gasteiger partial charge in [-0.2, -0.15) is 0 Å². The lowest BCUT2D eigenvalue weighted by Gasteiger charge is -2.41. The van der Waals surface area contributed by atoms with Crippen molar-refractivity contribution in [2.45, 2.75) is 25.9 Å². The first-order chi connectivity index (χ1) is 12.4. The second kappa shape index (κ2) is 6.99. The minimum Gasteiger partial charge on any atom is -0.508 e. The van der Waals surface area contributed by atoms with Crippen molar-refractivity contribution < 1.29 is 19.6 Å². The summed E-state index contributed by atoms with van der Waals surface area (Å²) >= 11 is 0. The van der Waals surface area contributed by atoms with Gasteiger partial charge < -0.3 is 14.7 Å². The molecule has 1 aromatic rings. The average Bonchev–Trinajstić information content (AvgIpc) is 2.62. The maximum absolute atomic E-state index is 12.4. The Labute approximate surface area is 150 Å². The van der Waals surface area contributed by atoms with Crippen molar-refractivity contribution in [2.24, 2.45) is 10.9 Å². The number of phenols is 1. The molecule has 26 heavy (non-hydrogen) atoms. The van der Waals surface area contributed by atoms with Crippen molar-refractivity contribution in [1.29, 1.82) is 0 Å². The molecule has 2 aliphatic rings. The van der Waals surface area contributed by atoms with Crippen LogP contribution >= 0.6 is 0 Å². The Balaban J connectivity index is 2.07. The Morgan fingerprint density at radius 3 is 2.65 bits per heavy atom. The van der Waals surface area contributed by atoms with Crippen LogP contribution in [0.4, 0.5) is 0 Å². The number of hydrogen-bond acceptors (Lipinski definition) is 7. The van der Waals surface area contributed by atoms with E-state index in [0.29, 0.717) is 5.84 Å². The second-order valence-electron chi connectivity index (χ2n) is 6.13. The minimum atomic E-state index is -0.713. The van der Waals surface area contributed by atoms with E-state index >= 15 is 0 Å². The third-order valence-corrected chi connectivity index (χ3v) is 4.48. The number of hydrogen-bond donors (Lipinski definition) is 1. The topological polar surface area (TPSA) is 105 Å². The summed E-state index contributed by atoms with van der Waals surface area (Å²) in [5.41, 5.74) is 0.751. The third kappa shape index (κ3) is 3.17. The number of phenolic OH excluding ortho intramolecular Hbond substituents is 1. The average molecular weight is 357 g/mol. The molecule has 2 aliphatic heterocycles. The minimum absolute atomic E-state index is 0.0606. The molecule has 0 spiro atoms. The lowest BCUT2D eigenvalue weighted by molar-refractivity contribution is -0.420. The Morgan fingerprint density at radius 2 is 2.04 bits per heavy atom. The van der Waals surface area contributed by atoms with Gasteiger partial charge in [-0.1, -0.05) is 19.1 Å². The van der Waals surface area contributed by atoms with E-state index in [9.17, 15) is 20.0 Å². The third-order valence-electron chi connectivity index (χ3n) is 4.48. The molecule has 1 aromatic carbocycles. The number of amidine groups is 1. The number of carbonyl (C=O) groups is 1. The molecule has 3 rings (SSSR count). The quantitative estimate of drug-likeness (QED) is 0.504. The van der Waals surface area contributed by atoms with Gasteiger partial charge in [-0.3, -0.25) is 15.1 Å². The SMILES string of the molecule is CCOC(=O)C1N=C2C=CC([N+](=O)[O-])=CN2C(c2ccc(O)cc2)C1C. The van der Waals surface area contributed by atoms with Crippen LogP contribution in [0.25, 0.3) is 0 Å². The van der Waals surface area contributed by atoms with Gasteiger partial charge in [0.05, 0.1) is 23.8 Å². The van der Waals surface area contributed by atoms with Crippen LogP contribution in [0.2, 0.25) is 0 Å². The summed E-state index contributed by atoms with van der Waals surface area (Å²) in [5.74, 6) is -0.135. The molecule has 0 amide bonds. The number of fused-ring (bicyclic) bond motifs is 1. The first kappa shape index (κ1) is 17.7. The van der Waals surface area contributed by atoms with Crippen LogP contribution in [-0.4, -0.2) is 39.4 Å². The molecule has 0 fully saturated rings. The number of allylic oxidation sites excluding steroid dienone is 1. The van der Waals surface area contributed by atoms with Gasteiger partial charge in [0.15, 0.2) is 6.04 Å². The number of aromatic hydroxyl groups is 1. The summed E-state index contributed by atoms with van der Waals surface area (Å²) < 4.78 is 5.14. The summed E-state index contributed by atoms with van der Waals surface area (Å²) in [6, 6.07) is 5.49. The van der Waals surface area contributed by atoms with E-state index in [1.807, 2.05) is 6.92 Å². The van der Waals surface area contributed by atoms with Gasteiger partial charge in [0.25, 0.3) is 5.70 Å². The smallest absolute Gasteiger partial charge is 0.331 e. The van der Waals surface area contributed by atoms with Gasteiger partial charge >= 0.3 is 5.97 Å². The van der Waals surface area contributed by atoms with Crippen LogP contribution < -0.4 is 0 Å². The highest BCUT2D eigenvalue weighted by atomic mass is 16.6. The largest absolute Gasteiger partial charge is 0.508 e. The molecular formula is C18H19N3O5. The fraction of sp³-hybridized carbons (Fsp3) is 0.333. The van der Waals surface area contributed by atoms with E-state index in [2.05, 4.69) is 4.99 Å². The summed E-state index contributed by atoms with van der Waals surface area (Å²) in [6.45, 7) is 3.84. The van der Waals surface area contributed by atoms with E-state index < -0.39 is 16.9 Å². The predicted molar refractivity (Wildman–Crippen MR) is 93.9 cm³/mol. The maximum Gasteiger partial charge on any atom is 0.331 e. The van der Waals surface area contributed by atoms with Crippen molar-refractivity contribution in [1.82, 2.24) is 4.90 Å². The molecule has 3 atom stereocenters. The van der Waals surface area contributed by atoms with Gasteiger partial charge in [0, 0.05) is 12.0 Å². The Morgan fingerprint density at radius 1 is 1.35 bits per heavy atom. The van der Waals surface area contributed by atoms with E-state index in [-0.39, 0.29) is 30.0 Å². The molecular weight excluding hydrogens is 338 g/mol. The van der Waals surface area contributed by atoms with Gasteiger partial charge in [0.1, 0.15) is 11.6 Å². The molecule has 0 saturated heterocycles. The van der Waals surface area contributed by atoms with Crippen molar-refractivity contribution in [3.05, 3.63) is 64.0 Å². The van der Waals surface area contributed by atoms with Crippen molar-refractivity contribution >= 4 is 11.8 Å². The Bertz CT molecular complexity index is 813. The fourth-order valence-corrected chi connectivity index (χ4v) is 3.25. The normalized spacial score (nSPS) is 24.4. The Kier molecular flexibility index (Phi) is 4.75. The van der Waals surface area contributed by atoms with Gasteiger partial charge in [-0.05, 0) is 30.7 Å². The number of ether oxygens (including phenoxy) is 1. The molecule has 136 valence electrons. The van der Waals surface area contributed by atoms with Crippen molar-refractivity contribution in [3.8, 4) is 5.75 Å². The highest BCUT2D eigenvalue weighted by Gasteiger charge is 2.42. The van der Waals surface area contributed by atoms with E-state index in [0.717, 1.165) is 5.56 Å². The highest BCUT2D eigenvalue weighted by Crippen LogP contribution is 2.39. The van der Waals surface area contributed by atoms with Crippen LogP contribution in [0.15, 0.2) is 53.3 Å². The number of carbonyl (C=O) groups excluding carboxylic acids is 1. The van der Waals surface area contributed by atoms with Crippen molar-refractivity contribution in [3.63, 3.8) is 0 Å². The van der Waals surface area contributed by atoms with Crippen LogP contribution in [0.3, 0.4) is 0 Å². The highest BCUT2D eigenvalue weighted by molar-refractivity contribution is 5.98. The van der Waals surface area contributed by atoms with Gasteiger partial charge in [0.2, 0.25) is 0 Å². The van der Waals surface area contributed by atoms with Gasteiger partial charge in [-0.15, -0.1) is 0 Å². The van der Waals surface area contributed by atoms with Crippen LogP contribution in [0.5, 0.6) is 5.75 Å². The zero-order chi connectivity index (χ0) is 18.8. The summed E-state index contributed by atoms with van der Waals surface area (Å²) in [6.07, 6.45) is 4.32. The zero-order valence-corrected chi connectivity index (χ0v) is 14.4. The first-order valence-corrected chi connectivity index (χ1v) is 8.28. The molecule has 0 saturated carbocycles. The number of aliphatic imine (C=N–C) groups is 1. The summed E-state index contributed by atoms with van der Waals surface area (Å²) in [4.78, 5) is 29.2.